The van der Waals surface area contributed by atoms with Crippen molar-refractivity contribution >= 4 is 5.91 Å². The van der Waals surface area contributed by atoms with Gasteiger partial charge in [-0.15, -0.1) is 0 Å². The lowest BCUT2D eigenvalue weighted by atomic mass is 9.96. The number of amides is 1. The zero-order valence-electron chi connectivity index (χ0n) is 14.4. The molecule has 1 aromatic heterocycles. The highest BCUT2D eigenvalue weighted by molar-refractivity contribution is 5.93. The summed E-state index contributed by atoms with van der Waals surface area (Å²) in [6, 6.07) is 12.0. The maximum absolute atomic E-state index is 12.3. The Kier molecular flexibility index (Phi) is 5.30. The van der Waals surface area contributed by atoms with Gasteiger partial charge in [0.05, 0.1) is 0 Å². The normalized spacial score (nSPS) is 16.5. The number of carbonyl (C=O) groups excluding carboxylic acids is 1. The third kappa shape index (κ3) is 4.03. The molecule has 0 saturated carbocycles. The van der Waals surface area contributed by atoms with Crippen molar-refractivity contribution in [2.75, 3.05) is 19.6 Å². The van der Waals surface area contributed by atoms with Gasteiger partial charge in [-0.1, -0.05) is 35.5 Å². The average molecular weight is 327 g/mol. The second-order valence-electron chi connectivity index (χ2n) is 6.73. The molecule has 1 aromatic carbocycles. The molecule has 1 amide bonds. The Hall–Kier alpha value is -2.14. The maximum Gasteiger partial charge on any atom is 0.273 e. The molecule has 24 heavy (non-hydrogen) atoms. The summed E-state index contributed by atoms with van der Waals surface area (Å²) in [4.78, 5) is 14.7. The van der Waals surface area contributed by atoms with E-state index in [1.54, 1.807) is 6.07 Å². The smallest absolute Gasteiger partial charge is 0.273 e. The Morgan fingerprint density at radius 3 is 2.67 bits per heavy atom. The van der Waals surface area contributed by atoms with Gasteiger partial charge < -0.3 is 14.7 Å². The number of nitrogens with zero attached hydrogens (tertiary/aromatic N) is 2. The van der Waals surface area contributed by atoms with Gasteiger partial charge in [0.15, 0.2) is 11.5 Å². The van der Waals surface area contributed by atoms with E-state index in [1.807, 2.05) is 30.3 Å². The van der Waals surface area contributed by atoms with E-state index < -0.39 is 0 Å². The van der Waals surface area contributed by atoms with E-state index >= 15 is 0 Å². The van der Waals surface area contributed by atoms with Crippen LogP contribution in [0.2, 0.25) is 0 Å². The summed E-state index contributed by atoms with van der Waals surface area (Å²) in [6.07, 6.45) is 2.26. The fourth-order valence-corrected chi connectivity index (χ4v) is 3.12. The van der Waals surface area contributed by atoms with Crippen LogP contribution < -0.4 is 5.32 Å². The molecular formula is C19H25N3O2. The zero-order valence-corrected chi connectivity index (χ0v) is 14.4. The summed E-state index contributed by atoms with van der Waals surface area (Å²) in [5.74, 6) is 1.00. The highest BCUT2D eigenvalue weighted by Gasteiger charge is 2.22. The standard InChI is InChI=1S/C19H25N3O2/c1-14(2)22-10-8-15(9-11-22)13-20-19(23)17-12-18(24-21-17)16-6-4-3-5-7-16/h3-7,12,14-15H,8-11,13H2,1-2H3,(H,20,23). The molecule has 0 spiro atoms. The zero-order chi connectivity index (χ0) is 16.9. The van der Waals surface area contributed by atoms with Gasteiger partial charge in [0.1, 0.15) is 0 Å². The van der Waals surface area contributed by atoms with Gasteiger partial charge >= 0.3 is 0 Å². The fraction of sp³-hybridized carbons (Fsp3) is 0.474. The van der Waals surface area contributed by atoms with E-state index in [2.05, 4.69) is 29.2 Å². The molecule has 0 aliphatic carbocycles. The van der Waals surface area contributed by atoms with Gasteiger partial charge in [0, 0.05) is 24.2 Å². The maximum atomic E-state index is 12.3. The molecule has 1 aliphatic rings. The van der Waals surface area contributed by atoms with E-state index in [9.17, 15) is 4.79 Å². The molecule has 1 N–H and O–H groups in total. The van der Waals surface area contributed by atoms with Crippen molar-refractivity contribution in [3.8, 4) is 11.3 Å². The Morgan fingerprint density at radius 2 is 2.00 bits per heavy atom. The number of rotatable bonds is 5. The van der Waals surface area contributed by atoms with E-state index in [4.69, 9.17) is 4.52 Å². The Labute approximate surface area is 143 Å². The number of hydrogen-bond acceptors (Lipinski definition) is 4. The molecule has 128 valence electrons. The number of aromatic nitrogens is 1. The number of benzene rings is 1. The van der Waals surface area contributed by atoms with Crippen LogP contribution in [0, 0.1) is 5.92 Å². The SMILES string of the molecule is CC(C)N1CCC(CNC(=O)c2cc(-c3ccccc3)on2)CC1. The van der Waals surface area contributed by atoms with Crippen molar-refractivity contribution < 1.29 is 9.32 Å². The average Bonchev–Trinajstić information content (AvgIpc) is 3.11. The van der Waals surface area contributed by atoms with Crippen LogP contribution >= 0.6 is 0 Å². The summed E-state index contributed by atoms with van der Waals surface area (Å²) in [7, 11) is 0. The largest absolute Gasteiger partial charge is 0.355 e. The van der Waals surface area contributed by atoms with Gasteiger partial charge in [-0.3, -0.25) is 4.79 Å². The molecule has 0 bridgehead atoms. The van der Waals surface area contributed by atoms with Crippen molar-refractivity contribution in [1.29, 1.82) is 0 Å². The number of carbonyl (C=O) groups is 1. The fourth-order valence-electron chi connectivity index (χ4n) is 3.12. The predicted octanol–water partition coefficient (Wildman–Crippen LogP) is 3.19. The van der Waals surface area contributed by atoms with Gasteiger partial charge in [0.2, 0.25) is 0 Å². The minimum atomic E-state index is -0.160. The quantitative estimate of drug-likeness (QED) is 0.916. The van der Waals surface area contributed by atoms with Crippen LogP contribution in [-0.2, 0) is 0 Å². The third-order valence-corrected chi connectivity index (χ3v) is 4.73. The van der Waals surface area contributed by atoms with Gasteiger partial charge in [-0.2, -0.15) is 0 Å². The number of piperidine rings is 1. The first-order valence-corrected chi connectivity index (χ1v) is 8.68. The van der Waals surface area contributed by atoms with Gasteiger partial charge in [0.25, 0.3) is 5.91 Å². The molecule has 0 radical (unpaired) electrons. The van der Waals surface area contributed by atoms with Crippen molar-refractivity contribution in [3.63, 3.8) is 0 Å². The topological polar surface area (TPSA) is 58.4 Å². The first-order chi connectivity index (χ1) is 11.6. The van der Waals surface area contributed by atoms with E-state index in [0.717, 1.165) is 31.5 Å². The van der Waals surface area contributed by atoms with Crippen molar-refractivity contribution in [1.82, 2.24) is 15.4 Å². The van der Waals surface area contributed by atoms with Crippen LogP contribution in [0.3, 0.4) is 0 Å². The lowest BCUT2D eigenvalue weighted by Gasteiger charge is -2.34. The summed E-state index contributed by atoms with van der Waals surface area (Å²) in [5.41, 5.74) is 1.26. The van der Waals surface area contributed by atoms with Crippen molar-refractivity contribution in [2.45, 2.75) is 32.7 Å². The van der Waals surface area contributed by atoms with Crippen molar-refractivity contribution in [2.24, 2.45) is 5.92 Å². The second kappa shape index (κ2) is 7.62. The Morgan fingerprint density at radius 1 is 1.29 bits per heavy atom. The molecule has 2 heterocycles. The predicted molar refractivity (Wildman–Crippen MR) is 93.7 cm³/mol. The molecule has 2 aromatic rings. The lowest BCUT2D eigenvalue weighted by Crippen LogP contribution is -2.41. The second-order valence-corrected chi connectivity index (χ2v) is 6.73. The lowest BCUT2D eigenvalue weighted by molar-refractivity contribution is 0.0921. The summed E-state index contributed by atoms with van der Waals surface area (Å²) in [5, 5.41) is 6.89. The third-order valence-electron chi connectivity index (χ3n) is 4.73. The first kappa shape index (κ1) is 16.7. The van der Waals surface area contributed by atoms with Crippen molar-refractivity contribution in [3.05, 3.63) is 42.1 Å². The molecule has 0 atom stereocenters. The summed E-state index contributed by atoms with van der Waals surface area (Å²) in [6.45, 7) is 7.40. The molecule has 1 saturated heterocycles. The molecule has 3 rings (SSSR count). The minimum Gasteiger partial charge on any atom is -0.355 e. The van der Waals surface area contributed by atoms with E-state index in [-0.39, 0.29) is 5.91 Å². The molecule has 1 fully saturated rings. The van der Waals surface area contributed by atoms with Crippen LogP contribution in [0.1, 0.15) is 37.2 Å². The number of likely N-dealkylation sites (tertiary alicyclic amines) is 1. The van der Waals surface area contributed by atoms with Gasteiger partial charge in [-0.25, -0.2) is 0 Å². The van der Waals surface area contributed by atoms with E-state index in [1.165, 1.54) is 0 Å². The molecule has 1 aliphatic heterocycles. The number of hydrogen-bond donors (Lipinski definition) is 1. The molecule has 5 heteroatoms. The van der Waals surface area contributed by atoms with Crippen LogP contribution in [0.25, 0.3) is 11.3 Å². The summed E-state index contributed by atoms with van der Waals surface area (Å²) < 4.78 is 5.29. The van der Waals surface area contributed by atoms with Crippen LogP contribution in [-0.4, -0.2) is 41.6 Å². The van der Waals surface area contributed by atoms with Gasteiger partial charge in [-0.05, 0) is 45.7 Å². The van der Waals surface area contributed by atoms with Crippen LogP contribution in [0.15, 0.2) is 40.9 Å². The first-order valence-electron chi connectivity index (χ1n) is 8.68. The highest BCUT2D eigenvalue weighted by Crippen LogP contribution is 2.20. The molecular weight excluding hydrogens is 302 g/mol. The van der Waals surface area contributed by atoms with Crippen LogP contribution in [0.5, 0.6) is 0 Å². The minimum absolute atomic E-state index is 0.160. The monoisotopic (exact) mass is 327 g/mol. The highest BCUT2D eigenvalue weighted by atomic mass is 16.5. The van der Waals surface area contributed by atoms with E-state index in [0.29, 0.717) is 30.0 Å². The number of nitrogens with one attached hydrogen (secondary N) is 1. The summed E-state index contributed by atoms with van der Waals surface area (Å²) >= 11 is 0. The van der Waals surface area contributed by atoms with Crippen LogP contribution in [0.4, 0.5) is 0 Å². The Bertz CT molecular complexity index is 658. The molecule has 0 unspecified atom stereocenters. The Balaban J connectivity index is 1.50. The molecule has 5 nitrogen and oxygen atoms in total.